The largest absolute Gasteiger partial charge is 0.313 e. The monoisotopic (exact) mass is 229 g/mol. The van der Waals surface area contributed by atoms with E-state index in [9.17, 15) is 0 Å². The van der Waals surface area contributed by atoms with Crippen molar-refractivity contribution in [3.63, 3.8) is 0 Å². The molecular formula is C13H31N3. The van der Waals surface area contributed by atoms with Crippen molar-refractivity contribution in [3.05, 3.63) is 0 Å². The van der Waals surface area contributed by atoms with E-state index in [0.29, 0.717) is 6.04 Å². The van der Waals surface area contributed by atoms with Gasteiger partial charge in [0.15, 0.2) is 0 Å². The fourth-order valence-electron chi connectivity index (χ4n) is 1.83. The molecule has 0 rings (SSSR count). The van der Waals surface area contributed by atoms with Crippen molar-refractivity contribution in [1.29, 1.82) is 0 Å². The zero-order valence-electron chi connectivity index (χ0n) is 11.9. The third kappa shape index (κ3) is 9.13. The van der Waals surface area contributed by atoms with Crippen LogP contribution in [0.3, 0.4) is 0 Å². The van der Waals surface area contributed by atoms with Gasteiger partial charge in [-0.3, -0.25) is 0 Å². The lowest BCUT2D eigenvalue weighted by Gasteiger charge is -2.25. The van der Waals surface area contributed by atoms with E-state index in [1.165, 1.54) is 32.5 Å². The molecule has 3 heteroatoms. The Labute approximate surface area is 102 Å². The van der Waals surface area contributed by atoms with Crippen LogP contribution < -0.4 is 5.32 Å². The summed E-state index contributed by atoms with van der Waals surface area (Å²) < 4.78 is 0. The summed E-state index contributed by atoms with van der Waals surface area (Å²) >= 11 is 0. The highest BCUT2D eigenvalue weighted by molar-refractivity contribution is 4.67. The molecule has 0 saturated carbocycles. The Bertz CT molecular complexity index is 148. The maximum atomic E-state index is 3.54. The van der Waals surface area contributed by atoms with Crippen molar-refractivity contribution >= 4 is 0 Å². The van der Waals surface area contributed by atoms with Gasteiger partial charge in [-0.05, 0) is 60.0 Å². The Balaban J connectivity index is 3.64. The van der Waals surface area contributed by atoms with Crippen LogP contribution in [0.15, 0.2) is 0 Å². The van der Waals surface area contributed by atoms with E-state index in [-0.39, 0.29) is 0 Å². The Kier molecular flexibility index (Phi) is 9.99. The molecule has 0 aromatic rings. The molecule has 98 valence electrons. The average molecular weight is 229 g/mol. The van der Waals surface area contributed by atoms with Crippen LogP contribution in [0.4, 0.5) is 0 Å². The molecule has 0 aliphatic rings. The molecule has 0 heterocycles. The van der Waals surface area contributed by atoms with E-state index in [0.717, 1.165) is 13.1 Å². The number of nitrogens with zero attached hydrogens (tertiary/aromatic N) is 2. The molecule has 0 bridgehead atoms. The van der Waals surface area contributed by atoms with Crippen molar-refractivity contribution in [1.82, 2.24) is 15.1 Å². The van der Waals surface area contributed by atoms with Crippen molar-refractivity contribution in [2.75, 3.05) is 46.8 Å². The average Bonchev–Trinajstić information content (AvgIpc) is 2.24. The van der Waals surface area contributed by atoms with Crippen molar-refractivity contribution in [3.8, 4) is 0 Å². The van der Waals surface area contributed by atoms with Crippen LogP contribution in [-0.4, -0.2) is 62.7 Å². The summed E-state index contributed by atoms with van der Waals surface area (Å²) in [6.45, 7) is 12.6. The van der Waals surface area contributed by atoms with Crippen LogP contribution >= 0.6 is 0 Å². The molecule has 1 atom stereocenters. The molecule has 0 aromatic carbocycles. The zero-order chi connectivity index (χ0) is 12.4. The molecule has 0 aliphatic carbocycles. The quantitative estimate of drug-likeness (QED) is 0.614. The Morgan fingerprint density at radius 1 is 1.12 bits per heavy atom. The van der Waals surface area contributed by atoms with Crippen LogP contribution in [0.25, 0.3) is 0 Å². The van der Waals surface area contributed by atoms with Gasteiger partial charge in [0.1, 0.15) is 0 Å². The van der Waals surface area contributed by atoms with Crippen molar-refractivity contribution < 1.29 is 0 Å². The molecule has 0 fully saturated rings. The van der Waals surface area contributed by atoms with Crippen LogP contribution in [0, 0.1) is 0 Å². The van der Waals surface area contributed by atoms with Gasteiger partial charge in [0.05, 0.1) is 0 Å². The second-order valence-electron chi connectivity index (χ2n) is 4.91. The maximum Gasteiger partial charge on any atom is 0.0166 e. The number of rotatable bonds is 10. The zero-order valence-corrected chi connectivity index (χ0v) is 11.9. The maximum absolute atomic E-state index is 3.54. The van der Waals surface area contributed by atoms with Gasteiger partial charge in [-0.1, -0.05) is 13.8 Å². The fraction of sp³-hybridized carbons (Fsp3) is 1.00. The minimum Gasteiger partial charge on any atom is -0.313 e. The van der Waals surface area contributed by atoms with Crippen LogP contribution in [0.1, 0.15) is 33.6 Å². The third-order valence-electron chi connectivity index (χ3n) is 2.80. The summed E-state index contributed by atoms with van der Waals surface area (Å²) in [5, 5.41) is 3.54. The van der Waals surface area contributed by atoms with E-state index in [4.69, 9.17) is 0 Å². The number of nitrogens with one attached hydrogen (secondary N) is 1. The fourth-order valence-corrected chi connectivity index (χ4v) is 1.83. The molecule has 16 heavy (non-hydrogen) atoms. The Hall–Kier alpha value is -0.120. The van der Waals surface area contributed by atoms with E-state index in [1.54, 1.807) is 0 Å². The van der Waals surface area contributed by atoms with Gasteiger partial charge in [-0.2, -0.15) is 0 Å². The van der Waals surface area contributed by atoms with Gasteiger partial charge >= 0.3 is 0 Å². The molecule has 0 radical (unpaired) electrons. The number of hydrogen-bond acceptors (Lipinski definition) is 3. The molecule has 0 aromatic heterocycles. The second-order valence-corrected chi connectivity index (χ2v) is 4.91. The highest BCUT2D eigenvalue weighted by atomic mass is 15.1. The van der Waals surface area contributed by atoms with Gasteiger partial charge in [0, 0.05) is 12.6 Å². The first-order chi connectivity index (χ1) is 7.60. The lowest BCUT2D eigenvalue weighted by atomic mass is 10.2. The summed E-state index contributed by atoms with van der Waals surface area (Å²) in [7, 11) is 4.28. The van der Waals surface area contributed by atoms with Gasteiger partial charge in [-0.15, -0.1) is 0 Å². The molecule has 0 aliphatic heterocycles. The summed E-state index contributed by atoms with van der Waals surface area (Å²) in [6.07, 6.45) is 2.48. The Morgan fingerprint density at radius 2 is 1.81 bits per heavy atom. The molecule has 1 unspecified atom stereocenters. The summed E-state index contributed by atoms with van der Waals surface area (Å²) in [5.74, 6) is 0. The topological polar surface area (TPSA) is 18.5 Å². The lowest BCUT2D eigenvalue weighted by molar-refractivity contribution is 0.243. The SMILES string of the molecule is CCCNC(C)CN(CC)CCCN(C)C. The van der Waals surface area contributed by atoms with Crippen molar-refractivity contribution in [2.24, 2.45) is 0 Å². The Morgan fingerprint density at radius 3 is 2.31 bits per heavy atom. The highest BCUT2D eigenvalue weighted by Crippen LogP contribution is 1.95. The standard InChI is InChI=1S/C13H31N3/c1-6-9-14-13(3)12-16(7-2)11-8-10-15(4)5/h13-14H,6-12H2,1-5H3. The number of likely N-dealkylation sites (N-methyl/N-ethyl adjacent to an activating group) is 1. The van der Waals surface area contributed by atoms with Gasteiger partial charge in [-0.25, -0.2) is 0 Å². The summed E-state index contributed by atoms with van der Waals surface area (Å²) in [6, 6.07) is 0.610. The van der Waals surface area contributed by atoms with Gasteiger partial charge in [0.25, 0.3) is 0 Å². The summed E-state index contributed by atoms with van der Waals surface area (Å²) in [4.78, 5) is 4.80. The highest BCUT2D eigenvalue weighted by Gasteiger charge is 2.07. The predicted molar refractivity (Wildman–Crippen MR) is 73.0 cm³/mol. The second kappa shape index (κ2) is 10.1. The van der Waals surface area contributed by atoms with Crippen molar-refractivity contribution in [2.45, 2.75) is 39.7 Å². The van der Waals surface area contributed by atoms with Gasteiger partial charge < -0.3 is 15.1 Å². The van der Waals surface area contributed by atoms with E-state index in [1.807, 2.05) is 0 Å². The van der Waals surface area contributed by atoms with E-state index in [2.05, 4.69) is 50.0 Å². The first kappa shape index (κ1) is 15.9. The first-order valence-electron chi connectivity index (χ1n) is 6.70. The van der Waals surface area contributed by atoms with Crippen LogP contribution in [0.2, 0.25) is 0 Å². The normalized spacial score (nSPS) is 13.7. The number of hydrogen-bond donors (Lipinski definition) is 1. The minimum atomic E-state index is 0.610. The lowest BCUT2D eigenvalue weighted by Crippen LogP contribution is -2.40. The van der Waals surface area contributed by atoms with Crippen LogP contribution in [0.5, 0.6) is 0 Å². The first-order valence-corrected chi connectivity index (χ1v) is 6.70. The molecular weight excluding hydrogens is 198 g/mol. The molecule has 3 nitrogen and oxygen atoms in total. The van der Waals surface area contributed by atoms with E-state index >= 15 is 0 Å². The van der Waals surface area contributed by atoms with Crippen LogP contribution in [-0.2, 0) is 0 Å². The summed E-state index contributed by atoms with van der Waals surface area (Å²) in [5.41, 5.74) is 0. The molecule has 1 N–H and O–H groups in total. The third-order valence-corrected chi connectivity index (χ3v) is 2.80. The predicted octanol–water partition coefficient (Wildman–Crippen LogP) is 1.65. The van der Waals surface area contributed by atoms with Gasteiger partial charge in [0.2, 0.25) is 0 Å². The molecule has 0 amide bonds. The minimum absolute atomic E-state index is 0.610. The van der Waals surface area contributed by atoms with E-state index < -0.39 is 0 Å². The molecule has 0 spiro atoms. The smallest absolute Gasteiger partial charge is 0.0166 e. The molecule has 0 saturated heterocycles.